The number of nitrogens with zero attached hydrogens (tertiary/aromatic N) is 6. The summed E-state index contributed by atoms with van der Waals surface area (Å²) < 4.78 is 9.53. The number of rotatable bonds is 4. The standard InChI is InChI=1S/C57H37N7/c1-4-18-36(19-5-1)55-58-56(63-48-31-17-13-27-44(48)52-50(63)35-33-41-39-24-10-14-28-45(39)62(53(41)52)38-22-8-3-9-23-38)60-57(59-55)64-46-29-15-11-25-40(46)42-32-34-49-51(54(42)64)43-26-12-16-30-47(43)61(49)37-20-6-2-7-21-37/h1-35,56H,(H,58,59,60). The first kappa shape index (κ1) is 35.0. The van der Waals surface area contributed by atoms with E-state index < -0.39 is 6.29 Å². The lowest BCUT2D eigenvalue weighted by Crippen LogP contribution is -2.40. The Balaban J connectivity index is 1.07. The molecule has 0 fully saturated rings. The average Bonchev–Trinajstić information content (AvgIpc) is 4.09. The Morgan fingerprint density at radius 3 is 1.44 bits per heavy atom. The van der Waals surface area contributed by atoms with Gasteiger partial charge in [-0.25, -0.2) is 4.99 Å². The Labute approximate surface area is 366 Å². The average molecular weight is 820 g/mol. The van der Waals surface area contributed by atoms with Crippen molar-refractivity contribution >= 4 is 99.0 Å². The summed E-state index contributed by atoms with van der Waals surface area (Å²) in [4.78, 5) is 11.0. The van der Waals surface area contributed by atoms with Crippen molar-refractivity contribution in [2.75, 3.05) is 0 Å². The summed E-state index contributed by atoms with van der Waals surface area (Å²) in [6.45, 7) is 0. The van der Waals surface area contributed by atoms with Crippen LogP contribution in [0, 0.1) is 0 Å². The van der Waals surface area contributed by atoms with Crippen molar-refractivity contribution in [3.63, 3.8) is 0 Å². The predicted molar refractivity (Wildman–Crippen MR) is 266 cm³/mol. The number of hydrogen-bond acceptors (Lipinski definition) is 3. The van der Waals surface area contributed by atoms with E-state index in [0.29, 0.717) is 11.8 Å². The molecule has 0 aliphatic carbocycles. The topological polar surface area (TPSA) is 56.5 Å². The molecule has 0 amide bonds. The molecule has 64 heavy (non-hydrogen) atoms. The summed E-state index contributed by atoms with van der Waals surface area (Å²) in [6, 6.07) is 75.9. The Morgan fingerprint density at radius 2 is 0.797 bits per heavy atom. The zero-order valence-corrected chi connectivity index (χ0v) is 34.5. The molecular weight excluding hydrogens is 783 g/mol. The first-order chi connectivity index (χ1) is 31.8. The number of amidine groups is 1. The molecule has 1 aliphatic heterocycles. The van der Waals surface area contributed by atoms with Gasteiger partial charge in [0.1, 0.15) is 0 Å². The number of benzene rings is 9. The van der Waals surface area contributed by atoms with Gasteiger partial charge in [-0.1, -0.05) is 152 Å². The van der Waals surface area contributed by atoms with Crippen molar-refractivity contribution < 1.29 is 0 Å². The van der Waals surface area contributed by atoms with Gasteiger partial charge in [-0.3, -0.25) is 4.57 Å². The van der Waals surface area contributed by atoms with Crippen LogP contribution in [0.15, 0.2) is 222 Å². The fourth-order valence-corrected chi connectivity index (χ4v) is 10.6. The zero-order valence-electron chi connectivity index (χ0n) is 34.5. The molecule has 0 spiro atoms. The van der Waals surface area contributed by atoms with E-state index in [9.17, 15) is 0 Å². The fraction of sp³-hybridized carbons (Fsp3) is 0.0175. The summed E-state index contributed by atoms with van der Waals surface area (Å²) >= 11 is 0. The summed E-state index contributed by atoms with van der Waals surface area (Å²) in [5.74, 6) is 1.37. The smallest absolute Gasteiger partial charge is 0.213 e. The van der Waals surface area contributed by atoms with E-state index in [-0.39, 0.29) is 0 Å². The maximum atomic E-state index is 5.53. The third kappa shape index (κ3) is 4.86. The Morgan fingerprint density at radius 1 is 0.344 bits per heavy atom. The Bertz CT molecular complexity index is 4090. The molecule has 5 heterocycles. The lowest BCUT2D eigenvalue weighted by molar-refractivity contribution is 0.509. The second-order valence-corrected chi connectivity index (χ2v) is 16.6. The molecule has 13 aromatic rings. The number of para-hydroxylation sites is 6. The number of aromatic nitrogens is 4. The highest BCUT2D eigenvalue weighted by Gasteiger charge is 2.29. The van der Waals surface area contributed by atoms with E-state index in [1.807, 2.05) is 6.07 Å². The van der Waals surface area contributed by atoms with Crippen LogP contribution in [0.1, 0.15) is 11.9 Å². The van der Waals surface area contributed by atoms with Gasteiger partial charge in [0.05, 0.1) is 44.1 Å². The molecule has 7 nitrogen and oxygen atoms in total. The van der Waals surface area contributed by atoms with E-state index in [4.69, 9.17) is 9.98 Å². The Kier molecular flexibility index (Phi) is 7.33. The molecule has 9 aromatic carbocycles. The molecule has 0 bridgehead atoms. The van der Waals surface area contributed by atoms with Gasteiger partial charge in [-0.15, -0.1) is 0 Å². The number of fused-ring (bicyclic) bond motifs is 14. The van der Waals surface area contributed by atoms with Crippen LogP contribution in [0.2, 0.25) is 0 Å². The molecule has 7 heteroatoms. The fourth-order valence-electron chi connectivity index (χ4n) is 10.6. The van der Waals surface area contributed by atoms with Crippen molar-refractivity contribution in [2.24, 2.45) is 9.98 Å². The Hall–Kier alpha value is -8.68. The lowest BCUT2D eigenvalue weighted by Gasteiger charge is -2.26. The normalized spacial score (nSPS) is 14.4. The summed E-state index contributed by atoms with van der Waals surface area (Å²) in [6.07, 6.45) is -0.557. The summed E-state index contributed by atoms with van der Waals surface area (Å²) in [5, 5.41) is 13.4. The third-order valence-corrected chi connectivity index (χ3v) is 13.2. The van der Waals surface area contributed by atoms with Crippen molar-refractivity contribution in [3.05, 3.63) is 218 Å². The molecule has 4 aromatic heterocycles. The molecule has 1 aliphatic rings. The number of nitrogens with one attached hydrogen (secondary N) is 1. The van der Waals surface area contributed by atoms with E-state index in [1.165, 1.54) is 38.0 Å². The van der Waals surface area contributed by atoms with Crippen LogP contribution in [0.5, 0.6) is 0 Å². The molecule has 1 unspecified atom stereocenters. The second kappa shape index (κ2) is 13.4. The highest BCUT2D eigenvalue weighted by atomic mass is 15.4. The van der Waals surface area contributed by atoms with Gasteiger partial charge < -0.3 is 19.0 Å². The van der Waals surface area contributed by atoms with Gasteiger partial charge in [0.2, 0.25) is 12.2 Å². The number of aliphatic imine (C=N–C) groups is 2. The molecular formula is C57H37N7. The molecule has 0 saturated carbocycles. The van der Waals surface area contributed by atoms with Crippen LogP contribution in [-0.4, -0.2) is 30.1 Å². The van der Waals surface area contributed by atoms with Gasteiger partial charge in [0.25, 0.3) is 0 Å². The molecule has 0 saturated heterocycles. The van der Waals surface area contributed by atoms with Crippen LogP contribution in [0.3, 0.4) is 0 Å². The zero-order chi connectivity index (χ0) is 41.9. The highest BCUT2D eigenvalue weighted by Crippen LogP contribution is 2.44. The third-order valence-electron chi connectivity index (χ3n) is 13.2. The van der Waals surface area contributed by atoms with Crippen LogP contribution >= 0.6 is 0 Å². The van der Waals surface area contributed by atoms with Crippen LogP contribution in [0.4, 0.5) is 0 Å². The quantitative estimate of drug-likeness (QED) is 0.189. The van der Waals surface area contributed by atoms with Crippen LogP contribution < -0.4 is 5.32 Å². The van der Waals surface area contributed by atoms with Crippen molar-refractivity contribution in [1.29, 1.82) is 0 Å². The first-order valence-electron chi connectivity index (χ1n) is 21.8. The highest BCUT2D eigenvalue weighted by molar-refractivity contribution is 6.29. The van der Waals surface area contributed by atoms with Crippen molar-refractivity contribution in [3.8, 4) is 11.4 Å². The maximum Gasteiger partial charge on any atom is 0.213 e. The lowest BCUT2D eigenvalue weighted by atomic mass is 10.1. The first-order valence-corrected chi connectivity index (χ1v) is 21.8. The predicted octanol–water partition coefficient (Wildman–Crippen LogP) is 13.5. The molecule has 0 radical (unpaired) electrons. The van der Waals surface area contributed by atoms with Gasteiger partial charge in [-0.05, 0) is 60.7 Å². The van der Waals surface area contributed by atoms with Gasteiger partial charge in [0.15, 0.2) is 5.84 Å². The summed E-state index contributed by atoms with van der Waals surface area (Å²) in [7, 11) is 0. The summed E-state index contributed by atoms with van der Waals surface area (Å²) in [5.41, 5.74) is 12.2. The monoisotopic (exact) mass is 819 g/mol. The largest absolute Gasteiger partial charge is 0.316 e. The maximum absolute atomic E-state index is 5.53. The minimum atomic E-state index is -0.557. The minimum absolute atomic E-state index is 0.557. The van der Waals surface area contributed by atoms with Gasteiger partial charge in [-0.2, -0.15) is 4.99 Å². The van der Waals surface area contributed by atoms with Crippen molar-refractivity contribution in [2.45, 2.75) is 6.29 Å². The molecule has 1 atom stereocenters. The minimum Gasteiger partial charge on any atom is -0.316 e. The number of hydrogen-bond donors (Lipinski definition) is 1. The molecule has 300 valence electrons. The van der Waals surface area contributed by atoms with E-state index >= 15 is 0 Å². The van der Waals surface area contributed by atoms with Crippen molar-refractivity contribution in [1.82, 2.24) is 23.6 Å². The SMILES string of the molecule is c1ccc(C2=NC(n3c4ccccc4c4c5c(ccc43)c3ccccc3n5-c3ccccc3)NC(n3c4ccccc4c4ccc5c(c6ccccc6n5-c5ccccc5)c43)=N2)cc1. The molecule has 1 N–H and O–H groups in total. The van der Waals surface area contributed by atoms with Crippen LogP contribution in [-0.2, 0) is 0 Å². The van der Waals surface area contributed by atoms with E-state index in [0.717, 1.165) is 66.2 Å². The van der Waals surface area contributed by atoms with E-state index in [2.05, 4.69) is 230 Å². The molecule has 14 rings (SSSR count). The van der Waals surface area contributed by atoms with Gasteiger partial charge in [0, 0.05) is 60.0 Å². The van der Waals surface area contributed by atoms with Gasteiger partial charge >= 0.3 is 0 Å². The van der Waals surface area contributed by atoms with E-state index in [1.54, 1.807) is 0 Å². The van der Waals surface area contributed by atoms with Crippen LogP contribution in [0.25, 0.3) is 98.6 Å². The second-order valence-electron chi connectivity index (χ2n) is 16.6.